The normalized spacial score (nSPS) is 13.5. The van der Waals surface area contributed by atoms with E-state index in [2.05, 4.69) is 38.4 Å². The van der Waals surface area contributed by atoms with Gasteiger partial charge in [-0.05, 0) is 40.5 Å². The summed E-state index contributed by atoms with van der Waals surface area (Å²) in [6, 6.07) is 2.71. The molecule has 0 aromatic carbocycles. The van der Waals surface area contributed by atoms with E-state index < -0.39 is 16.1 Å². The summed E-state index contributed by atoms with van der Waals surface area (Å²) >= 11 is 0. The molecule has 0 aliphatic carbocycles. The monoisotopic (exact) mass is 410 g/mol. The maximum atomic E-state index is 11.9. The Kier molecular flexibility index (Phi) is 14.9. The molecule has 9 heteroatoms. The number of unbranched alkanes of at least 4 members (excludes halogenated alkanes) is 3. The first-order chi connectivity index (χ1) is 12.3. The zero-order valence-corrected chi connectivity index (χ0v) is 18.9. The molecule has 1 unspecified atom stereocenters. The Labute approximate surface area is 160 Å². The second kappa shape index (κ2) is 14.9. The van der Waals surface area contributed by atoms with Crippen LogP contribution in [0.5, 0.6) is 0 Å². The van der Waals surface area contributed by atoms with Crippen LogP contribution < -0.4 is 0 Å². The predicted molar refractivity (Wildman–Crippen MR) is 106 cm³/mol. The van der Waals surface area contributed by atoms with Crippen molar-refractivity contribution in [3.8, 4) is 6.07 Å². The topological polar surface area (TPSA) is 81.0 Å². The Hall–Kier alpha value is -0.0500. The van der Waals surface area contributed by atoms with E-state index in [1.165, 1.54) is 14.2 Å². The molecule has 0 saturated heterocycles. The molecule has 0 spiro atoms. The lowest BCUT2D eigenvalue weighted by molar-refractivity contribution is 0.174. The molecule has 0 rings (SSSR count). The van der Waals surface area contributed by atoms with Gasteiger partial charge in [0.1, 0.15) is 0 Å². The first kappa shape index (κ1) is 26.0. The third-order valence-electron chi connectivity index (χ3n) is 3.75. The van der Waals surface area contributed by atoms with E-state index in [0.29, 0.717) is 37.9 Å². The van der Waals surface area contributed by atoms with Gasteiger partial charge in [-0.1, -0.05) is 12.8 Å². The Morgan fingerprint density at radius 2 is 1.50 bits per heavy atom. The van der Waals surface area contributed by atoms with Crippen molar-refractivity contribution in [2.24, 2.45) is 0 Å². The Balaban J connectivity index is 4.24. The summed E-state index contributed by atoms with van der Waals surface area (Å²) in [7, 11) is -1.21. The second-order valence-electron chi connectivity index (χ2n) is 6.49. The molecular formula is C17H36N2O5P2. The van der Waals surface area contributed by atoms with Gasteiger partial charge in [0.15, 0.2) is 0 Å². The van der Waals surface area contributed by atoms with Gasteiger partial charge in [0, 0.05) is 26.3 Å². The summed E-state index contributed by atoms with van der Waals surface area (Å²) in [6.07, 6.45) is 4.46. The highest BCUT2D eigenvalue weighted by atomic mass is 31.2. The third kappa shape index (κ3) is 10.9. The Morgan fingerprint density at radius 3 is 2.00 bits per heavy atom. The van der Waals surface area contributed by atoms with Gasteiger partial charge in [-0.3, -0.25) is 4.57 Å². The summed E-state index contributed by atoms with van der Waals surface area (Å²) in [5.74, 6) is 0. The minimum Gasteiger partial charge on any atom is -0.322 e. The minimum atomic E-state index is -2.88. The van der Waals surface area contributed by atoms with Crippen molar-refractivity contribution in [3.05, 3.63) is 0 Å². The molecule has 0 aliphatic rings. The summed E-state index contributed by atoms with van der Waals surface area (Å²) in [5.41, 5.74) is 0. The SMILES string of the molecule is COP(=O)(CCCCCCOP(OCCC#N)N(C(C)C)C(C)C)OC. The molecule has 0 aromatic rings. The fourth-order valence-corrected chi connectivity index (χ4v) is 5.23. The van der Waals surface area contributed by atoms with Crippen LogP contribution in [-0.2, 0) is 22.7 Å². The van der Waals surface area contributed by atoms with Crippen molar-refractivity contribution in [1.82, 2.24) is 4.67 Å². The fraction of sp³-hybridized carbons (Fsp3) is 0.941. The molecule has 0 aromatic heterocycles. The van der Waals surface area contributed by atoms with Crippen molar-refractivity contribution in [1.29, 1.82) is 5.26 Å². The lowest BCUT2D eigenvalue weighted by atomic mass is 10.2. The number of nitrogens with zero attached hydrogens (tertiary/aromatic N) is 2. The molecule has 154 valence electrons. The lowest BCUT2D eigenvalue weighted by Gasteiger charge is -2.35. The van der Waals surface area contributed by atoms with Crippen molar-refractivity contribution < 1.29 is 22.7 Å². The van der Waals surface area contributed by atoms with Crippen molar-refractivity contribution in [3.63, 3.8) is 0 Å². The van der Waals surface area contributed by atoms with E-state index in [1.807, 2.05) is 0 Å². The van der Waals surface area contributed by atoms with Gasteiger partial charge in [0.05, 0.1) is 31.9 Å². The molecule has 0 aliphatic heterocycles. The standard InChI is InChI=1S/C17H36N2O5P2/c1-16(2)19(17(3)4)25(24-14-11-12-18)23-13-9-7-8-10-15-26(20,21-5)22-6/h16-17H,7-11,13-15H2,1-6H3. The summed E-state index contributed by atoms with van der Waals surface area (Å²) in [5, 5.41) is 8.71. The van der Waals surface area contributed by atoms with Crippen molar-refractivity contribution in [2.75, 3.05) is 33.6 Å². The Bertz CT molecular complexity index is 427. The predicted octanol–water partition coefficient (Wildman–Crippen LogP) is 5.33. The van der Waals surface area contributed by atoms with Crippen LogP contribution in [0.1, 0.15) is 59.8 Å². The number of hydrogen-bond acceptors (Lipinski definition) is 7. The minimum absolute atomic E-state index is 0.306. The zero-order valence-electron chi connectivity index (χ0n) is 17.1. The number of nitriles is 1. The van der Waals surface area contributed by atoms with Crippen LogP contribution in [0.25, 0.3) is 0 Å². The van der Waals surface area contributed by atoms with Crippen LogP contribution in [0.2, 0.25) is 0 Å². The summed E-state index contributed by atoms with van der Waals surface area (Å²) < 4.78 is 35.9. The van der Waals surface area contributed by atoms with E-state index in [-0.39, 0.29) is 0 Å². The van der Waals surface area contributed by atoms with E-state index in [4.69, 9.17) is 23.4 Å². The molecule has 0 N–H and O–H groups in total. The van der Waals surface area contributed by atoms with E-state index >= 15 is 0 Å². The van der Waals surface area contributed by atoms with Crippen LogP contribution in [0.4, 0.5) is 0 Å². The maximum Gasteiger partial charge on any atom is 0.330 e. The first-order valence-electron chi connectivity index (χ1n) is 9.23. The number of hydrogen-bond donors (Lipinski definition) is 0. The first-order valence-corrected chi connectivity index (χ1v) is 12.1. The smallest absolute Gasteiger partial charge is 0.322 e. The van der Waals surface area contributed by atoms with Gasteiger partial charge >= 0.3 is 7.60 Å². The highest BCUT2D eigenvalue weighted by Crippen LogP contribution is 2.47. The molecule has 0 bridgehead atoms. The molecule has 0 amide bonds. The average Bonchev–Trinajstić information content (AvgIpc) is 2.59. The van der Waals surface area contributed by atoms with Crippen LogP contribution in [0.15, 0.2) is 0 Å². The summed E-state index contributed by atoms with van der Waals surface area (Å²) in [4.78, 5) is 0. The fourth-order valence-electron chi connectivity index (χ4n) is 2.47. The second-order valence-corrected chi connectivity index (χ2v) is 10.3. The zero-order chi connectivity index (χ0) is 20.0. The van der Waals surface area contributed by atoms with Crippen LogP contribution in [0, 0.1) is 11.3 Å². The quantitative estimate of drug-likeness (QED) is 0.251. The van der Waals surface area contributed by atoms with Crippen molar-refractivity contribution in [2.45, 2.75) is 71.9 Å². The Morgan fingerprint density at radius 1 is 0.962 bits per heavy atom. The highest BCUT2D eigenvalue weighted by molar-refractivity contribution is 7.53. The van der Waals surface area contributed by atoms with Crippen LogP contribution in [-0.4, -0.2) is 50.3 Å². The van der Waals surface area contributed by atoms with Crippen LogP contribution >= 0.6 is 16.1 Å². The number of rotatable bonds is 16. The molecule has 0 radical (unpaired) electrons. The third-order valence-corrected chi connectivity index (χ3v) is 7.83. The summed E-state index contributed by atoms with van der Waals surface area (Å²) in [6.45, 7) is 9.49. The lowest BCUT2D eigenvalue weighted by Crippen LogP contribution is -2.33. The highest BCUT2D eigenvalue weighted by Gasteiger charge is 2.27. The van der Waals surface area contributed by atoms with Gasteiger partial charge in [-0.25, -0.2) is 4.67 Å². The van der Waals surface area contributed by atoms with Crippen LogP contribution in [0.3, 0.4) is 0 Å². The molecule has 0 saturated carbocycles. The average molecular weight is 410 g/mol. The van der Waals surface area contributed by atoms with Gasteiger partial charge in [-0.15, -0.1) is 0 Å². The molecular weight excluding hydrogens is 374 g/mol. The van der Waals surface area contributed by atoms with Crippen molar-refractivity contribution >= 4 is 16.1 Å². The molecule has 0 fully saturated rings. The van der Waals surface area contributed by atoms with Gasteiger partial charge in [0.2, 0.25) is 0 Å². The van der Waals surface area contributed by atoms with Gasteiger partial charge < -0.3 is 18.1 Å². The van der Waals surface area contributed by atoms with E-state index in [9.17, 15) is 4.57 Å². The molecule has 0 heterocycles. The molecule has 1 atom stereocenters. The maximum absolute atomic E-state index is 11.9. The van der Waals surface area contributed by atoms with E-state index in [0.717, 1.165) is 25.7 Å². The van der Waals surface area contributed by atoms with E-state index in [1.54, 1.807) is 0 Å². The molecule has 7 nitrogen and oxygen atoms in total. The molecule has 26 heavy (non-hydrogen) atoms. The largest absolute Gasteiger partial charge is 0.330 e. The van der Waals surface area contributed by atoms with Gasteiger partial charge in [-0.2, -0.15) is 5.26 Å². The van der Waals surface area contributed by atoms with Gasteiger partial charge in [0.25, 0.3) is 8.53 Å².